The van der Waals surface area contributed by atoms with Crippen molar-refractivity contribution in [1.29, 1.82) is 0 Å². The number of furan rings is 1. The van der Waals surface area contributed by atoms with Gasteiger partial charge in [0.2, 0.25) is 6.33 Å². The molecule has 0 spiro atoms. The third kappa shape index (κ3) is 5.27. The van der Waals surface area contributed by atoms with Gasteiger partial charge >= 0.3 is 0 Å². The Bertz CT molecular complexity index is 531. The molecule has 0 aliphatic heterocycles. The Morgan fingerprint density at radius 1 is 1.50 bits per heavy atom. The molecule has 110 valence electrons. The van der Waals surface area contributed by atoms with Gasteiger partial charge in [0.1, 0.15) is 36.5 Å². The molecule has 0 aliphatic carbocycles. The molecule has 20 heavy (non-hydrogen) atoms. The van der Waals surface area contributed by atoms with E-state index in [1.807, 2.05) is 7.05 Å². The molecule has 0 aliphatic rings. The Balaban J connectivity index is 0.000000200. The fraction of sp³-hybridized carbons (Fsp3) is 0.429. The van der Waals surface area contributed by atoms with Crippen LogP contribution in [0, 0.1) is 0 Å². The van der Waals surface area contributed by atoms with Crippen LogP contribution >= 0.6 is 0 Å². The zero-order valence-electron chi connectivity index (χ0n) is 11.8. The largest absolute Gasteiger partial charge is 0.542 e. The summed E-state index contributed by atoms with van der Waals surface area (Å²) < 4.78 is 8.86. The maximum absolute atomic E-state index is 10.0. The van der Waals surface area contributed by atoms with Gasteiger partial charge in [0.25, 0.3) is 0 Å². The van der Waals surface area contributed by atoms with Crippen LogP contribution in [-0.2, 0) is 20.2 Å². The molecule has 0 aromatic carbocycles. The van der Waals surface area contributed by atoms with Gasteiger partial charge in [-0.25, -0.2) is 9.13 Å². The van der Waals surface area contributed by atoms with Gasteiger partial charge in [-0.1, -0.05) is 13.3 Å². The second-order valence-corrected chi connectivity index (χ2v) is 4.38. The number of carboxylic acid groups (broad SMARTS) is 1. The number of hydrogen-bond donors (Lipinski definition) is 1. The number of carbonyl (C=O) groups excluding carboxylic acids is 1. The van der Waals surface area contributed by atoms with Crippen molar-refractivity contribution in [1.82, 2.24) is 4.57 Å². The van der Waals surface area contributed by atoms with Gasteiger partial charge in [-0.05, 0) is 18.6 Å². The van der Waals surface area contributed by atoms with E-state index in [0.29, 0.717) is 0 Å². The number of carboxylic acids is 1. The molecule has 2 aromatic heterocycles. The van der Waals surface area contributed by atoms with Gasteiger partial charge in [-0.2, -0.15) is 0 Å². The molecular weight excluding hydrogens is 260 g/mol. The van der Waals surface area contributed by atoms with Crippen molar-refractivity contribution in [3.63, 3.8) is 0 Å². The van der Waals surface area contributed by atoms with Crippen LogP contribution in [0.25, 0.3) is 0 Å². The lowest BCUT2D eigenvalue weighted by Crippen LogP contribution is -2.23. The number of carbonyl (C=O) groups is 1. The van der Waals surface area contributed by atoms with Crippen LogP contribution in [0.3, 0.4) is 0 Å². The van der Waals surface area contributed by atoms with E-state index in [4.69, 9.17) is 5.11 Å². The Morgan fingerprint density at radius 3 is 2.65 bits per heavy atom. The number of imidazole rings is 1. The van der Waals surface area contributed by atoms with Crippen LogP contribution < -0.4 is 9.67 Å². The molecule has 0 fully saturated rings. The van der Waals surface area contributed by atoms with Crippen LogP contribution in [0.4, 0.5) is 0 Å². The average Bonchev–Trinajstić information content (AvgIpc) is 3.05. The Hall–Kier alpha value is -2.08. The molecule has 0 atom stereocenters. The maximum atomic E-state index is 10.0. The van der Waals surface area contributed by atoms with Gasteiger partial charge in [0.15, 0.2) is 0 Å². The fourth-order valence-corrected chi connectivity index (χ4v) is 1.55. The lowest BCUT2D eigenvalue weighted by Gasteiger charge is -1.93. The minimum atomic E-state index is -1.38. The third-order valence-corrected chi connectivity index (χ3v) is 2.61. The van der Waals surface area contributed by atoms with E-state index in [2.05, 4.69) is 39.2 Å². The van der Waals surface area contributed by atoms with Crippen molar-refractivity contribution in [2.24, 2.45) is 7.05 Å². The molecule has 0 radical (unpaired) electrons. The lowest BCUT2D eigenvalue weighted by atomic mass is 10.3. The molecule has 0 amide bonds. The van der Waals surface area contributed by atoms with Gasteiger partial charge < -0.3 is 19.4 Å². The molecule has 0 saturated carbocycles. The molecule has 0 unspecified atom stereocenters. The SMILES string of the molecule is CCCCn1cc[n+](C)c1.O=C([O-])c1ccc(CO)o1. The van der Waals surface area contributed by atoms with Crippen LogP contribution in [-0.4, -0.2) is 15.6 Å². The Kier molecular flexibility index (Phi) is 6.52. The van der Waals surface area contributed by atoms with E-state index >= 15 is 0 Å². The van der Waals surface area contributed by atoms with E-state index in [-0.39, 0.29) is 18.1 Å². The first-order valence-electron chi connectivity index (χ1n) is 6.48. The van der Waals surface area contributed by atoms with Gasteiger partial charge in [0.05, 0.1) is 13.6 Å². The summed E-state index contributed by atoms with van der Waals surface area (Å²) in [6, 6.07) is 2.62. The van der Waals surface area contributed by atoms with Crippen molar-refractivity contribution < 1.29 is 24.0 Å². The van der Waals surface area contributed by atoms with E-state index in [1.165, 1.54) is 25.0 Å². The third-order valence-electron chi connectivity index (χ3n) is 2.61. The van der Waals surface area contributed by atoms with E-state index in [9.17, 15) is 9.90 Å². The second-order valence-electron chi connectivity index (χ2n) is 4.38. The summed E-state index contributed by atoms with van der Waals surface area (Å²) in [7, 11) is 2.04. The highest BCUT2D eigenvalue weighted by Gasteiger charge is 1.99. The topological polar surface area (TPSA) is 82.3 Å². The van der Waals surface area contributed by atoms with Crippen molar-refractivity contribution >= 4 is 5.97 Å². The zero-order valence-corrected chi connectivity index (χ0v) is 11.8. The molecule has 0 bridgehead atoms. The summed E-state index contributed by atoms with van der Waals surface area (Å²) in [6.45, 7) is 3.06. The summed E-state index contributed by atoms with van der Waals surface area (Å²) in [5, 5.41) is 18.5. The molecule has 6 heteroatoms. The summed E-state index contributed by atoms with van der Waals surface area (Å²) in [6.07, 6.45) is 8.82. The second kappa shape index (κ2) is 8.16. The molecule has 1 N–H and O–H groups in total. The maximum Gasteiger partial charge on any atom is 0.243 e. The number of aliphatic hydroxyl groups is 1. The van der Waals surface area contributed by atoms with Crippen molar-refractivity contribution in [2.75, 3.05) is 0 Å². The minimum Gasteiger partial charge on any atom is -0.542 e. The molecule has 2 heterocycles. The molecular formula is C14H20N2O4. The van der Waals surface area contributed by atoms with Crippen molar-refractivity contribution in [2.45, 2.75) is 32.9 Å². The number of aliphatic hydroxyl groups excluding tert-OH is 1. The number of unbranched alkanes of at least 4 members (excludes halogenated alkanes) is 1. The number of hydrogen-bond acceptors (Lipinski definition) is 4. The number of rotatable bonds is 5. The van der Waals surface area contributed by atoms with E-state index in [1.54, 1.807) is 0 Å². The summed E-state index contributed by atoms with van der Waals surface area (Å²) >= 11 is 0. The summed E-state index contributed by atoms with van der Waals surface area (Å²) in [5.74, 6) is -1.41. The Morgan fingerprint density at radius 2 is 2.25 bits per heavy atom. The quantitative estimate of drug-likeness (QED) is 0.796. The monoisotopic (exact) mass is 280 g/mol. The number of aromatic nitrogens is 2. The van der Waals surface area contributed by atoms with Crippen molar-refractivity contribution in [3.05, 3.63) is 42.4 Å². The molecule has 0 saturated heterocycles. The standard InChI is InChI=1S/C8H15N2.C6H6O4/c1-3-4-5-10-7-6-9(2)8-10;7-3-4-1-2-5(10-4)6(8)9/h6-8H,3-5H2,1-2H3;1-2,7H,3H2,(H,8,9)/q+1;/p-1. The number of aromatic carboxylic acids is 1. The normalized spacial score (nSPS) is 9.95. The number of aryl methyl sites for hydroxylation is 2. The first-order chi connectivity index (χ1) is 9.56. The average molecular weight is 280 g/mol. The highest BCUT2D eigenvalue weighted by atomic mass is 16.4. The van der Waals surface area contributed by atoms with E-state index < -0.39 is 5.97 Å². The number of nitrogens with zero attached hydrogens (tertiary/aromatic N) is 2. The predicted octanol–water partition coefficient (Wildman–Crippen LogP) is 0.248. The highest BCUT2D eigenvalue weighted by molar-refractivity contribution is 5.82. The Labute approximate surface area is 117 Å². The zero-order chi connectivity index (χ0) is 15.0. The smallest absolute Gasteiger partial charge is 0.243 e. The van der Waals surface area contributed by atoms with Gasteiger partial charge in [0, 0.05) is 0 Å². The minimum absolute atomic E-state index is 0.221. The lowest BCUT2D eigenvalue weighted by molar-refractivity contribution is -0.671. The summed E-state index contributed by atoms with van der Waals surface area (Å²) in [4.78, 5) is 10.0. The van der Waals surface area contributed by atoms with Crippen molar-refractivity contribution in [3.8, 4) is 0 Å². The van der Waals surface area contributed by atoms with E-state index in [0.717, 1.165) is 6.54 Å². The molecule has 2 rings (SSSR count). The van der Waals surface area contributed by atoms with Crippen LogP contribution in [0.1, 0.15) is 36.1 Å². The van der Waals surface area contributed by atoms with Crippen LogP contribution in [0.15, 0.2) is 35.3 Å². The van der Waals surface area contributed by atoms with Crippen LogP contribution in [0.2, 0.25) is 0 Å². The first-order valence-corrected chi connectivity index (χ1v) is 6.48. The fourth-order valence-electron chi connectivity index (χ4n) is 1.55. The first kappa shape index (κ1) is 16.0. The van der Waals surface area contributed by atoms with Gasteiger partial charge in [-0.3, -0.25) is 0 Å². The van der Waals surface area contributed by atoms with Gasteiger partial charge in [-0.15, -0.1) is 0 Å². The highest BCUT2D eigenvalue weighted by Crippen LogP contribution is 2.05. The predicted molar refractivity (Wildman–Crippen MR) is 69.5 cm³/mol. The molecule has 6 nitrogen and oxygen atoms in total. The molecule has 2 aromatic rings. The van der Waals surface area contributed by atoms with Crippen LogP contribution in [0.5, 0.6) is 0 Å². The summed E-state index contributed by atoms with van der Waals surface area (Å²) in [5.41, 5.74) is 0.